The molecule has 2 fully saturated rings. The molecule has 1 spiro atoms. The first-order valence-electron chi connectivity index (χ1n) is 12.6. The Bertz CT molecular complexity index is 1340. The van der Waals surface area contributed by atoms with E-state index < -0.39 is 0 Å². The number of aromatic nitrogens is 2. The van der Waals surface area contributed by atoms with Gasteiger partial charge in [0.2, 0.25) is 0 Å². The number of hydrogen-bond donors (Lipinski definition) is 3. The van der Waals surface area contributed by atoms with Gasteiger partial charge >= 0.3 is 0 Å². The maximum absolute atomic E-state index is 15.3. The maximum Gasteiger partial charge on any atom is 0.263 e. The van der Waals surface area contributed by atoms with Crippen LogP contribution in [0.15, 0.2) is 18.2 Å². The molecule has 3 atom stereocenters. The standard InChI is InChI=1S/C26H31FN6O2S/c1-14-4-6-16-22(29)23(36-25(16)30-14)24(34)31-15-5-7-19-17(10-15)18(27)11-21(32-19)33-12-20(28)26(13-33)8-2-3-9-35-26/h4,6,11,15,20H,2-3,5,7-10,12-13,28-29H2,1H3,(H,31,34). The number of halogens is 1. The van der Waals surface area contributed by atoms with Gasteiger partial charge in [0, 0.05) is 47.6 Å². The summed E-state index contributed by atoms with van der Waals surface area (Å²) in [5.74, 6) is 0.0978. The average Bonchev–Trinajstić information content (AvgIpc) is 3.36. The van der Waals surface area contributed by atoms with Crippen molar-refractivity contribution in [1.29, 1.82) is 0 Å². The van der Waals surface area contributed by atoms with E-state index in [2.05, 4.69) is 15.2 Å². The van der Waals surface area contributed by atoms with E-state index in [4.69, 9.17) is 21.2 Å². The zero-order chi connectivity index (χ0) is 25.0. The van der Waals surface area contributed by atoms with E-state index in [-0.39, 0.29) is 29.4 Å². The van der Waals surface area contributed by atoms with Crippen LogP contribution < -0.4 is 21.7 Å². The number of nitrogens with zero attached hydrogens (tertiary/aromatic N) is 3. The fourth-order valence-corrected chi connectivity index (χ4v) is 6.87. The molecule has 5 heterocycles. The molecule has 36 heavy (non-hydrogen) atoms. The molecule has 3 aromatic heterocycles. The lowest BCUT2D eigenvalue weighted by atomic mass is 9.89. The van der Waals surface area contributed by atoms with Crippen molar-refractivity contribution >= 4 is 39.0 Å². The van der Waals surface area contributed by atoms with Gasteiger partial charge in [-0.1, -0.05) is 0 Å². The Morgan fingerprint density at radius 2 is 2.19 bits per heavy atom. The minimum atomic E-state index is -0.357. The Labute approximate surface area is 213 Å². The van der Waals surface area contributed by atoms with Crippen LogP contribution in [0.3, 0.4) is 0 Å². The lowest BCUT2D eigenvalue weighted by molar-refractivity contribution is -0.0717. The first-order chi connectivity index (χ1) is 17.3. The van der Waals surface area contributed by atoms with Crippen molar-refractivity contribution in [2.24, 2.45) is 5.73 Å². The lowest BCUT2D eigenvalue weighted by Crippen LogP contribution is -2.51. The number of fused-ring (bicyclic) bond motifs is 2. The molecule has 3 unspecified atom stereocenters. The van der Waals surface area contributed by atoms with Crippen LogP contribution in [-0.4, -0.2) is 53.3 Å². The molecular formula is C26H31FN6O2S. The molecule has 190 valence electrons. The largest absolute Gasteiger partial charge is 0.397 e. The van der Waals surface area contributed by atoms with E-state index >= 15 is 4.39 Å². The van der Waals surface area contributed by atoms with Gasteiger partial charge in [0.05, 0.1) is 18.3 Å². The second-order valence-electron chi connectivity index (χ2n) is 10.3. The van der Waals surface area contributed by atoms with Crippen LogP contribution in [0.25, 0.3) is 10.2 Å². The Morgan fingerprint density at radius 1 is 1.33 bits per heavy atom. The molecular weight excluding hydrogens is 479 g/mol. The summed E-state index contributed by atoms with van der Waals surface area (Å²) in [7, 11) is 0. The number of carbonyl (C=O) groups excluding carboxylic acids is 1. The molecule has 2 aliphatic heterocycles. The number of pyridine rings is 2. The number of ether oxygens (including phenoxy) is 1. The first-order valence-corrected chi connectivity index (χ1v) is 13.4. The second kappa shape index (κ2) is 8.93. The van der Waals surface area contributed by atoms with Crippen molar-refractivity contribution in [2.45, 2.75) is 63.1 Å². The van der Waals surface area contributed by atoms with Gasteiger partial charge in [-0.2, -0.15) is 0 Å². The highest BCUT2D eigenvalue weighted by Gasteiger charge is 2.47. The molecule has 0 radical (unpaired) electrons. The van der Waals surface area contributed by atoms with Crippen molar-refractivity contribution in [3.8, 4) is 0 Å². The van der Waals surface area contributed by atoms with E-state index in [0.717, 1.165) is 47.5 Å². The Hall–Kier alpha value is -2.82. The lowest BCUT2D eigenvalue weighted by Gasteiger charge is -2.36. The molecule has 0 bridgehead atoms. The van der Waals surface area contributed by atoms with Crippen molar-refractivity contribution in [2.75, 3.05) is 30.3 Å². The Kier molecular flexibility index (Phi) is 5.85. The maximum atomic E-state index is 15.3. The van der Waals surface area contributed by atoms with Gasteiger partial charge in [0.25, 0.3) is 5.91 Å². The van der Waals surface area contributed by atoms with E-state index in [0.29, 0.717) is 54.3 Å². The quantitative estimate of drug-likeness (QED) is 0.495. The monoisotopic (exact) mass is 510 g/mol. The SMILES string of the molecule is Cc1ccc2c(N)c(C(=O)NC3CCc4nc(N5CC(N)C6(CCCCO6)C5)cc(F)c4C3)sc2n1. The summed E-state index contributed by atoms with van der Waals surface area (Å²) < 4.78 is 21.4. The second-order valence-corrected chi connectivity index (χ2v) is 11.3. The summed E-state index contributed by atoms with van der Waals surface area (Å²) in [6, 6.07) is 4.98. The van der Waals surface area contributed by atoms with E-state index in [9.17, 15) is 4.79 Å². The third-order valence-electron chi connectivity index (χ3n) is 7.86. The number of carbonyl (C=O) groups is 1. The van der Waals surface area contributed by atoms with Gasteiger partial charge < -0.3 is 26.4 Å². The number of aryl methyl sites for hydroxylation is 2. The molecule has 3 aromatic rings. The summed E-state index contributed by atoms with van der Waals surface area (Å²) in [5, 5.41) is 3.85. The van der Waals surface area contributed by atoms with Gasteiger partial charge in [-0.05, 0) is 57.6 Å². The molecule has 1 amide bonds. The van der Waals surface area contributed by atoms with E-state index in [1.165, 1.54) is 17.4 Å². The van der Waals surface area contributed by atoms with Crippen LogP contribution in [0.5, 0.6) is 0 Å². The third-order valence-corrected chi connectivity index (χ3v) is 8.97. The Balaban J connectivity index is 1.17. The molecule has 1 aliphatic carbocycles. The number of nitrogen functional groups attached to an aromatic ring is 1. The summed E-state index contributed by atoms with van der Waals surface area (Å²) in [6.07, 6.45) is 4.76. The zero-order valence-electron chi connectivity index (χ0n) is 20.3. The highest BCUT2D eigenvalue weighted by atomic mass is 32.1. The summed E-state index contributed by atoms with van der Waals surface area (Å²) in [6.45, 7) is 3.88. The molecule has 8 nitrogen and oxygen atoms in total. The molecule has 0 aromatic carbocycles. The first kappa shape index (κ1) is 23.6. The zero-order valence-corrected chi connectivity index (χ0v) is 21.2. The van der Waals surface area contributed by atoms with Gasteiger partial charge in [-0.15, -0.1) is 11.3 Å². The summed E-state index contributed by atoms with van der Waals surface area (Å²) >= 11 is 1.29. The summed E-state index contributed by atoms with van der Waals surface area (Å²) in [5.41, 5.74) is 15.0. The third kappa shape index (κ3) is 4.01. The molecule has 2 saturated heterocycles. The number of hydrogen-bond acceptors (Lipinski definition) is 8. The normalized spacial score (nSPS) is 25.9. The van der Waals surface area contributed by atoms with Gasteiger partial charge in [0.15, 0.2) is 0 Å². The smallest absolute Gasteiger partial charge is 0.263 e. The van der Waals surface area contributed by atoms with Gasteiger partial charge in [0.1, 0.15) is 26.9 Å². The minimum Gasteiger partial charge on any atom is -0.397 e. The molecule has 0 saturated carbocycles. The van der Waals surface area contributed by atoms with Gasteiger partial charge in [-0.25, -0.2) is 14.4 Å². The van der Waals surface area contributed by atoms with Crippen LogP contribution in [0, 0.1) is 12.7 Å². The fraction of sp³-hybridized carbons (Fsp3) is 0.500. The number of amides is 1. The molecule has 6 rings (SSSR count). The van der Waals surface area contributed by atoms with Crippen molar-refractivity contribution in [3.05, 3.63) is 45.8 Å². The van der Waals surface area contributed by atoms with Crippen LogP contribution in [0.4, 0.5) is 15.9 Å². The van der Waals surface area contributed by atoms with Crippen LogP contribution in [-0.2, 0) is 17.6 Å². The molecule has 10 heteroatoms. The van der Waals surface area contributed by atoms with Crippen molar-refractivity contribution in [3.63, 3.8) is 0 Å². The van der Waals surface area contributed by atoms with Crippen molar-refractivity contribution < 1.29 is 13.9 Å². The van der Waals surface area contributed by atoms with E-state index in [1.54, 1.807) is 0 Å². The molecule has 3 aliphatic rings. The highest BCUT2D eigenvalue weighted by molar-refractivity contribution is 7.21. The highest BCUT2D eigenvalue weighted by Crippen LogP contribution is 2.37. The minimum absolute atomic E-state index is 0.112. The van der Waals surface area contributed by atoms with Crippen LogP contribution in [0.1, 0.15) is 52.3 Å². The number of nitrogens with one attached hydrogen (secondary N) is 1. The molecule has 5 N–H and O–H groups in total. The fourth-order valence-electron chi connectivity index (χ4n) is 5.83. The predicted molar refractivity (Wildman–Crippen MR) is 139 cm³/mol. The predicted octanol–water partition coefficient (Wildman–Crippen LogP) is 3.09. The Morgan fingerprint density at radius 3 is 3.00 bits per heavy atom. The van der Waals surface area contributed by atoms with Crippen molar-refractivity contribution in [1.82, 2.24) is 15.3 Å². The topological polar surface area (TPSA) is 119 Å². The van der Waals surface area contributed by atoms with Crippen LogP contribution >= 0.6 is 11.3 Å². The average molecular weight is 511 g/mol. The number of rotatable bonds is 3. The number of thiophene rings is 1. The van der Waals surface area contributed by atoms with Gasteiger partial charge in [-0.3, -0.25) is 4.79 Å². The number of anilines is 2. The van der Waals surface area contributed by atoms with E-state index in [1.807, 2.05) is 19.1 Å². The summed E-state index contributed by atoms with van der Waals surface area (Å²) in [4.78, 5) is 25.6. The van der Waals surface area contributed by atoms with Crippen LogP contribution in [0.2, 0.25) is 0 Å². The number of nitrogens with two attached hydrogens (primary N) is 2.